The van der Waals surface area contributed by atoms with E-state index in [9.17, 15) is 0 Å². The number of nitrogens with zero attached hydrogens (tertiary/aromatic N) is 1. The van der Waals surface area contributed by atoms with Gasteiger partial charge in [0.1, 0.15) is 0 Å². The zero-order valence-electron chi connectivity index (χ0n) is 9.05. The maximum Gasteiger partial charge on any atom is 0.0602 e. The third-order valence-electron chi connectivity index (χ3n) is 2.16. The second-order valence-electron chi connectivity index (χ2n) is 3.58. The summed E-state index contributed by atoms with van der Waals surface area (Å²) in [6, 6.07) is 0. The van der Waals surface area contributed by atoms with Gasteiger partial charge < -0.3 is 9.64 Å². The van der Waals surface area contributed by atoms with Gasteiger partial charge in [0.15, 0.2) is 0 Å². The summed E-state index contributed by atoms with van der Waals surface area (Å²) in [5.74, 6) is 1.37. The Labute approximate surface area is 87.2 Å². The summed E-state index contributed by atoms with van der Waals surface area (Å²) in [5.41, 5.74) is 0. The van der Waals surface area contributed by atoms with E-state index in [-0.39, 0.29) is 0 Å². The number of hydrogen-bond donors (Lipinski definition) is 0. The average molecular weight is 208 g/mol. The molecule has 0 aliphatic carbocycles. The normalized spacial score (nSPS) is 13.6. The topological polar surface area (TPSA) is 12.5 Å². The minimum atomic E-state index is 0.592. The lowest BCUT2D eigenvalue weighted by atomic mass is 10.1. The molecule has 0 radical (unpaired) electrons. The fourth-order valence-electron chi connectivity index (χ4n) is 1.13. The van der Waals surface area contributed by atoms with E-state index in [2.05, 4.69) is 25.8 Å². The van der Waals surface area contributed by atoms with Crippen molar-refractivity contribution in [3.8, 4) is 0 Å². The largest absolute Gasteiger partial charge is 0.379 e. The monoisotopic (exact) mass is 207 g/mol. The molecule has 2 nitrogen and oxygen atoms in total. The van der Waals surface area contributed by atoms with Crippen LogP contribution in [0.3, 0.4) is 0 Å². The van der Waals surface area contributed by atoms with Crippen LogP contribution in [-0.4, -0.2) is 44.1 Å². The van der Waals surface area contributed by atoms with Crippen LogP contribution in [0, 0.1) is 5.92 Å². The van der Waals surface area contributed by atoms with E-state index in [1.54, 1.807) is 0 Å². The fourth-order valence-corrected chi connectivity index (χ4v) is 1.24. The van der Waals surface area contributed by atoms with Gasteiger partial charge in [-0.25, -0.2) is 0 Å². The first-order chi connectivity index (χ1) is 6.20. The first-order valence-electron chi connectivity index (χ1n) is 5.03. The molecule has 0 spiro atoms. The van der Waals surface area contributed by atoms with Crippen molar-refractivity contribution >= 4 is 11.6 Å². The Morgan fingerprint density at radius 1 is 1.38 bits per heavy atom. The maximum atomic E-state index is 5.49. The minimum Gasteiger partial charge on any atom is -0.379 e. The van der Waals surface area contributed by atoms with Crippen LogP contribution in [0.5, 0.6) is 0 Å². The van der Waals surface area contributed by atoms with Crippen LogP contribution in [0.1, 0.15) is 20.3 Å². The highest BCUT2D eigenvalue weighted by atomic mass is 35.5. The highest BCUT2D eigenvalue weighted by molar-refractivity contribution is 6.17. The molecule has 0 aromatic carbocycles. The summed E-state index contributed by atoms with van der Waals surface area (Å²) in [6.07, 6.45) is 1.24. The molecule has 0 N–H and O–H groups in total. The van der Waals surface area contributed by atoms with Crippen LogP contribution in [0.15, 0.2) is 0 Å². The molecular formula is C10H22ClNO. The van der Waals surface area contributed by atoms with Gasteiger partial charge in [0, 0.05) is 19.0 Å². The van der Waals surface area contributed by atoms with E-state index < -0.39 is 0 Å². The number of rotatable bonds is 8. The average Bonchev–Trinajstić information content (AvgIpc) is 2.12. The number of hydrogen-bond acceptors (Lipinski definition) is 2. The van der Waals surface area contributed by atoms with Gasteiger partial charge in [0.25, 0.3) is 0 Å². The Morgan fingerprint density at radius 3 is 2.62 bits per heavy atom. The number of likely N-dealkylation sites (N-methyl/N-ethyl adjacent to an activating group) is 1. The standard InChI is InChI=1S/C10H22ClNO/c1-4-10(2)9-12(3)6-8-13-7-5-11/h10H,4-9H2,1-3H3. The number of alkyl halides is 1. The van der Waals surface area contributed by atoms with Crippen molar-refractivity contribution in [2.24, 2.45) is 5.92 Å². The lowest BCUT2D eigenvalue weighted by molar-refractivity contribution is 0.119. The van der Waals surface area contributed by atoms with Crippen molar-refractivity contribution in [2.45, 2.75) is 20.3 Å². The van der Waals surface area contributed by atoms with Crippen molar-refractivity contribution in [1.82, 2.24) is 4.90 Å². The summed E-state index contributed by atoms with van der Waals surface area (Å²) in [7, 11) is 2.14. The van der Waals surface area contributed by atoms with Crippen LogP contribution in [0.4, 0.5) is 0 Å². The molecule has 0 aromatic heterocycles. The first kappa shape index (κ1) is 13.2. The molecule has 0 aliphatic heterocycles. The van der Waals surface area contributed by atoms with Gasteiger partial charge in [-0.15, -0.1) is 11.6 Å². The zero-order chi connectivity index (χ0) is 10.1. The zero-order valence-corrected chi connectivity index (χ0v) is 9.81. The molecule has 0 amide bonds. The van der Waals surface area contributed by atoms with Gasteiger partial charge in [-0.3, -0.25) is 0 Å². The van der Waals surface area contributed by atoms with E-state index in [0.29, 0.717) is 12.5 Å². The predicted octanol–water partition coefficient (Wildman–Crippen LogP) is 2.22. The molecule has 80 valence electrons. The van der Waals surface area contributed by atoms with Gasteiger partial charge in [-0.05, 0) is 13.0 Å². The highest BCUT2D eigenvalue weighted by Gasteiger charge is 2.03. The van der Waals surface area contributed by atoms with Gasteiger partial charge >= 0.3 is 0 Å². The molecule has 0 aliphatic rings. The molecule has 0 bridgehead atoms. The van der Waals surface area contributed by atoms with E-state index in [1.807, 2.05) is 0 Å². The van der Waals surface area contributed by atoms with Crippen LogP contribution < -0.4 is 0 Å². The van der Waals surface area contributed by atoms with E-state index in [0.717, 1.165) is 25.6 Å². The second-order valence-corrected chi connectivity index (χ2v) is 3.95. The minimum absolute atomic E-state index is 0.592. The summed E-state index contributed by atoms with van der Waals surface area (Å²) >= 11 is 5.49. The number of ether oxygens (including phenoxy) is 1. The van der Waals surface area contributed by atoms with Crippen molar-refractivity contribution in [2.75, 3.05) is 39.2 Å². The summed E-state index contributed by atoms with van der Waals surface area (Å²) in [5, 5.41) is 0. The summed E-state index contributed by atoms with van der Waals surface area (Å²) < 4.78 is 5.30. The molecule has 0 rings (SSSR count). The van der Waals surface area contributed by atoms with Crippen molar-refractivity contribution in [3.05, 3.63) is 0 Å². The van der Waals surface area contributed by atoms with Crippen LogP contribution in [0.2, 0.25) is 0 Å². The SMILES string of the molecule is CCC(C)CN(C)CCOCCCl. The molecule has 0 heterocycles. The van der Waals surface area contributed by atoms with Gasteiger partial charge in [-0.1, -0.05) is 20.3 Å². The van der Waals surface area contributed by atoms with Crippen LogP contribution in [-0.2, 0) is 4.74 Å². The molecule has 3 heteroatoms. The Hall–Kier alpha value is 0.210. The van der Waals surface area contributed by atoms with Crippen molar-refractivity contribution in [3.63, 3.8) is 0 Å². The summed E-state index contributed by atoms with van der Waals surface area (Å²) in [4.78, 5) is 2.31. The second kappa shape index (κ2) is 8.79. The third-order valence-corrected chi connectivity index (χ3v) is 2.31. The Bertz CT molecular complexity index is 111. The molecule has 0 aromatic rings. The highest BCUT2D eigenvalue weighted by Crippen LogP contribution is 2.01. The Balaban J connectivity index is 3.24. The third kappa shape index (κ3) is 8.54. The molecule has 1 atom stereocenters. The van der Waals surface area contributed by atoms with E-state index in [4.69, 9.17) is 16.3 Å². The molecule has 13 heavy (non-hydrogen) atoms. The lowest BCUT2D eigenvalue weighted by Gasteiger charge is -2.19. The first-order valence-corrected chi connectivity index (χ1v) is 5.56. The van der Waals surface area contributed by atoms with Crippen molar-refractivity contribution < 1.29 is 4.74 Å². The van der Waals surface area contributed by atoms with E-state index in [1.165, 1.54) is 6.42 Å². The predicted molar refractivity (Wildman–Crippen MR) is 58.5 cm³/mol. The van der Waals surface area contributed by atoms with E-state index >= 15 is 0 Å². The Morgan fingerprint density at radius 2 is 2.08 bits per heavy atom. The van der Waals surface area contributed by atoms with Gasteiger partial charge in [-0.2, -0.15) is 0 Å². The molecule has 1 unspecified atom stereocenters. The maximum absolute atomic E-state index is 5.49. The smallest absolute Gasteiger partial charge is 0.0602 e. The fraction of sp³-hybridized carbons (Fsp3) is 1.00. The lowest BCUT2D eigenvalue weighted by Crippen LogP contribution is -2.28. The Kier molecular flexibility index (Phi) is 8.93. The van der Waals surface area contributed by atoms with Gasteiger partial charge in [0.05, 0.1) is 13.2 Å². The number of halogens is 1. The molecule has 0 saturated carbocycles. The quantitative estimate of drug-likeness (QED) is 0.447. The van der Waals surface area contributed by atoms with Crippen LogP contribution >= 0.6 is 11.6 Å². The molecule has 0 saturated heterocycles. The molecule has 0 fully saturated rings. The summed E-state index contributed by atoms with van der Waals surface area (Å²) in [6.45, 7) is 8.11. The van der Waals surface area contributed by atoms with Crippen LogP contribution in [0.25, 0.3) is 0 Å². The van der Waals surface area contributed by atoms with Crippen molar-refractivity contribution in [1.29, 1.82) is 0 Å². The van der Waals surface area contributed by atoms with Gasteiger partial charge in [0.2, 0.25) is 0 Å². The molecular weight excluding hydrogens is 186 g/mol.